The Morgan fingerprint density at radius 3 is 0.959 bits per heavy atom. The molecule has 34 heteroatoms. The van der Waals surface area contributed by atoms with Crippen molar-refractivity contribution in [1.82, 2.24) is 47.9 Å². The highest BCUT2D eigenvalue weighted by atomic mass is 32.1. The molecule has 0 unspecified atom stereocenters. The van der Waals surface area contributed by atoms with Gasteiger partial charge in [-0.2, -0.15) is 50.5 Å². The van der Waals surface area contributed by atoms with Crippen molar-refractivity contribution in [3.8, 4) is 0 Å². The zero-order valence-corrected chi connectivity index (χ0v) is 43.7. The largest absolute Gasteiger partial charge is 0.481 e. The summed E-state index contributed by atoms with van der Waals surface area (Å²) < 4.78 is 0. The average molecular weight is 1130 g/mol. The first kappa shape index (κ1) is 68.4. The molecule has 0 saturated carbocycles. The molecule has 0 aliphatic heterocycles. The minimum absolute atomic E-state index is 0.0535. The number of carbonyl (C=O) groups excluding carboxylic acids is 11. The van der Waals surface area contributed by atoms with E-state index in [2.05, 4.69) is 93.0 Å². The molecule has 0 bridgehead atoms. The number of aliphatic hydroxyl groups excluding tert-OH is 1. The van der Waals surface area contributed by atoms with Gasteiger partial charge in [0.25, 0.3) is 0 Å². The van der Waals surface area contributed by atoms with Gasteiger partial charge in [-0.3, -0.25) is 57.5 Å². The number of aliphatic hydroxyl groups is 1. The van der Waals surface area contributed by atoms with Crippen molar-refractivity contribution < 1.29 is 77.6 Å². The molecule has 0 spiro atoms. The Bertz CT molecular complexity index is 1960. The second-order valence-corrected chi connectivity index (χ2v) is 17.7. The molecule has 30 nitrogen and oxygen atoms in total. The van der Waals surface area contributed by atoms with Gasteiger partial charge in [-0.25, -0.2) is 4.79 Å². The molecular weight excluding hydrogens is 1060 g/mol. The van der Waals surface area contributed by atoms with E-state index in [-0.39, 0.29) is 56.0 Å². The van der Waals surface area contributed by atoms with Gasteiger partial charge in [-0.05, 0) is 58.0 Å². The number of amides is 11. The highest BCUT2D eigenvalue weighted by molar-refractivity contribution is 7.80. The van der Waals surface area contributed by atoms with Crippen LogP contribution in [0.1, 0.15) is 64.2 Å². The van der Waals surface area contributed by atoms with Gasteiger partial charge in [0.2, 0.25) is 65.0 Å². The number of carboxylic acid groups (broad SMARTS) is 2. The molecule has 0 aromatic heterocycles. The summed E-state index contributed by atoms with van der Waals surface area (Å²) in [6.45, 7) is -0.648. The molecule has 420 valence electrons. The van der Waals surface area contributed by atoms with Gasteiger partial charge in [-0.15, -0.1) is 0 Å². The van der Waals surface area contributed by atoms with Crippen LogP contribution in [-0.4, -0.2) is 195 Å². The Hall–Kier alpha value is -5.65. The normalized spacial score (nSPS) is 15.0. The molecule has 11 amide bonds. The SMILES string of the molecule is NCCCC[C@H](NC(=O)[C@H](CCCCN)NC(=O)[C@H](CS)NC(=O)[C@H](CS)NC(=O)[C@H](CS)NC(=O)[C@H](CS)NC(=O)[C@H](CC(N)=O)NC(=O)[C@@H](N)CC(N)=O)C(=O)N[C@@H](CCC(=O)O)C(=O)N[C@@H](CO)C(=O)O. The molecule has 0 fully saturated rings. The fraction of sp³-hybridized carbons (Fsp3) is 0.675. The van der Waals surface area contributed by atoms with Crippen LogP contribution in [0.4, 0.5) is 0 Å². The first-order chi connectivity index (χ1) is 34.8. The second kappa shape index (κ2) is 37.1. The molecule has 0 aliphatic carbocycles. The van der Waals surface area contributed by atoms with Gasteiger partial charge in [0.05, 0.1) is 25.5 Å². The Kier molecular flexibility index (Phi) is 34.3. The Labute approximate surface area is 447 Å². The highest BCUT2D eigenvalue weighted by Crippen LogP contribution is 2.09. The quantitative estimate of drug-likeness (QED) is 0.0201. The number of hydrogen-bond acceptors (Lipinski definition) is 21. The van der Waals surface area contributed by atoms with Gasteiger partial charge in [-0.1, -0.05) is 0 Å². The van der Waals surface area contributed by atoms with E-state index >= 15 is 0 Å². The summed E-state index contributed by atoms with van der Waals surface area (Å²) in [6, 6.07) is -15.4. The first-order valence-electron chi connectivity index (χ1n) is 22.8. The fourth-order valence-electron chi connectivity index (χ4n) is 6.20. The zero-order chi connectivity index (χ0) is 56.7. The van der Waals surface area contributed by atoms with Gasteiger partial charge in [0.15, 0.2) is 0 Å². The Morgan fingerprint density at radius 2 is 0.676 bits per heavy atom. The summed E-state index contributed by atoms with van der Waals surface area (Å²) in [4.78, 5) is 166. The molecule has 74 heavy (non-hydrogen) atoms. The van der Waals surface area contributed by atoms with E-state index in [1.54, 1.807) is 0 Å². The summed E-state index contributed by atoms with van der Waals surface area (Å²) in [6.07, 6.45) is -1.38. The number of primary amides is 2. The van der Waals surface area contributed by atoms with Crippen LogP contribution in [0.5, 0.6) is 0 Å². The monoisotopic (exact) mass is 1130 g/mol. The number of rotatable bonds is 39. The number of carboxylic acids is 2. The maximum atomic E-state index is 13.9. The average Bonchev–Trinajstić information content (AvgIpc) is 3.34. The third-order valence-electron chi connectivity index (χ3n) is 10.3. The van der Waals surface area contributed by atoms with E-state index in [1.807, 2.05) is 5.32 Å². The molecule has 0 aliphatic rings. The van der Waals surface area contributed by atoms with Crippen molar-refractivity contribution in [1.29, 1.82) is 0 Å². The molecule has 0 heterocycles. The van der Waals surface area contributed by atoms with Crippen molar-refractivity contribution in [2.75, 3.05) is 42.7 Å². The van der Waals surface area contributed by atoms with Crippen molar-refractivity contribution in [3.05, 3.63) is 0 Å². The number of nitrogens with one attached hydrogen (secondary N) is 9. The minimum Gasteiger partial charge on any atom is -0.481 e. The Morgan fingerprint density at radius 1 is 0.392 bits per heavy atom. The fourth-order valence-corrected chi connectivity index (χ4v) is 7.23. The predicted octanol–water partition coefficient (Wildman–Crippen LogP) is -8.65. The lowest BCUT2D eigenvalue weighted by Gasteiger charge is -2.27. The molecular formula is C40H70N14O16S4. The molecule has 0 aromatic carbocycles. The summed E-state index contributed by atoms with van der Waals surface area (Å²) in [7, 11) is 0. The number of aliphatic carboxylic acids is 2. The van der Waals surface area contributed by atoms with E-state index in [0.29, 0.717) is 12.8 Å². The van der Waals surface area contributed by atoms with Crippen LogP contribution in [0.3, 0.4) is 0 Å². The maximum absolute atomic E-state index is 13.9. The number of nitrogens with two attached hydrogens (primary N) is 5. The van der Waals surface area contributed by atoms with Gasteiger partial charge < -0.3 is 91.8 Å². The summed E-state index contributed by atoms with van der Waals surface area (Å²) >= 11 is 16.5. The molecule has 10 atom stereocenters. The molecule has 0 radical (unpaired) electrons. The number of thiol groups is 4. The molecule has 0 saturated heterocycles. The number of hydrogen-bond donors (Lipinski definition) is 21. The minimum atomic E-state index is -1.79. The Balaban J connectivity index is 6.22. The lowest BCUT2D eigenvalue weighted by atomic mass is 10.0. The van der Waals surface area contributed by atoms with Gasteiger partial charge in [0.1, 0.15) is 54.4 Å². The first-order valence-corrected chi connectivity index (χ1v) is 25.3. The van der Waals surface area contributed by atoms with Crippen molar-refractivity contribution in [2.45, 2.75) is 125 Å². The van der Waals surface area contributed by atoms with E-state index in [9.17, 15) is 77.6 Å². The molecule has 22 N–H and O–H groups in total. The summed E-state index contributed by atoms with van der Waals surface area (Å²) in [5.41, 5.74) is 27.1. The van der Waals surface area contributed by atoms with Crippen LogP contribution < -0.4 is 76.5 Å². The number of carbonyl (C=O) groups is 13. The maximum Gasteiger partial charge on any atom is 0.328 e. The summed E-state index contributed by atoms with van der Waals surface area (Å²) in [5, 5.41) is 48.7. The smallest absolute Gasteiger partial charge is 0.328 e. The second-order valence-electron chi connectivity index (χ2n) is 16.3. The lowest BCUT2D eigenvalue weighted by molar-refractivity contribution is -0.144. The summed E-state index contributed by atoms with van der Waals surface area (Å²) in [5.74, 6) is -15.6. The van der Waals surface area contributed by atoms with Crippen molar-refractivity contribution in [3.63, 3.8) is 0 Å². The standard InChI is InChI=1S/C40H70N14O16S4/c41-9-3-1-5-19(33(62)48-21(7-8-30(58)59)34(63)50-23(13-55)40(69)70)46-32(61)20(6-2-4-10-42)47-36(65)24(14-71)52-38(67)26(16-73)54-39(68)27(17-74)53-37(66)25(15-72)51-35(64)22(12-29(45)57)49-31(60)18(43)11-28(44)56/h18-27,55,71-74H,1-17,41-43H2,(H2,44,56)(H2,45,57)(H,46,61)(H,47,65)(H,48,62)(H,49,60)(H,50,63)(H,51,64)(H,52,67)(H,53,66)(H,54,68)(H,58,59)(H,69,70)/t18-,19-,20-,21-,22-,23-,24-,25-,26-,27-/m0/s1. The van der Waals surface area contributed by atoms with Crippen LogP contribution >= 0.6 is 50.5 Å². The van der Waals surface area contributed by atoms with Crippen LogP contribution in [-0.2, 0) is 62.3 Å². The van der Waals surface area contributed by atoms with Crippen LogP contribution in [0.2, 0.25) is 0 Å². The van der Waals surface area contributed by atoms with E-state index in [1.165, 1.54) is 0 Å². The molecule has 0 rings (SSSR count). The topological polar surface area (TPSA) is 521 Å². The van der Waals surface area contributed by atoms with E-state index < -0.39 is 175 Å². The third-order valence-corrected chi connectivity index (χ3v) is 11.8. The van der Waals surface area contributed by atoms with Crippen molar-refractivity contribution in [2.24, 2.45) is 28.7 Å². The highest BCUT2D eigenvalue weighted by Gasteiger charge is 2.35. The van der Waals surface area contributed by atoms with Crippen molar-refractivity contribution >= 4 is 127 Å². The zero-order valence-electron chi connectivity index (χ0n) is 40.1. The lowest BCUT2D eigenvalue weighted by Crippen LogP contribution is -2.61. The van der Waals surface area contributed by atoms with Gasteiger partial charge >= 0.3 is 11.9 Å². The number of unbranched alkanes of at least 4 members (excludes halogenated alkanes) is 2. The van der Waals surface area contributed by atoms with E-state index in [4.69, 9.17) is 28.7 Å². The van der Waals surface area contributed by atoms with Gasteiger partial charge in [0, 0.05) is 29.4 Å². The van der Waals surface area contributed by atoms with Crippen LogP contribution in [0.15, 0.2) is 0 Å². The van der Waals surface area contributed by atoms with Crippen LogP contribution in [0, 0.1) is 0 Å². The van der Waals surface area contributed by atoms with Crippen LogP contribution in [0.25, 0.3) is 0 Å². The molecule has 0 aromatic rings. The van der Waals surface area contributed by atoms with E-state index in [0.717, 1.165) is 0 Å². The third kappa shape index (κ3) is 26.5. The predicted molar refractivity (Wildman–Crippen MR) is 276 cm³/mol.